The van der Waals surface area contributed by atoms with Crippen LogP contribution >= 0.6 is 11.6 Å². The maximum atomic E-state index is 11.4. The summed E-state index contributed by atoms with van der Waals surface area (Å²) in [6.45, 7) is 0. The van der Waals surface area contributed by atoms with Gasteiger partial charge in [-0.05, 0) is 12.1 Å². The molecule has 0 fully saturated rings. The van der Waals surface area contributed by atoms with E-state index in [1.165, 1.54) is 7.11 Å². The molecule has 0 aliphatic heterocycles. The predicted octanol–water partition coefficient (Wildman–Crippen LogP) is 2.24. The van der Waals surface area contributed by atoms with Crippen LogP contribution in [0.2, 0.25) is 5.15 Å². The second kappa shape index (κ2) is 5.53. The van der Waals surface area contributed by atoms with Gasteiger partial charge < -0.3 is 15.8 Å². The molecule has 1 aromatic heterocycles. The first kappa shape index (κ1) is 13.1. The highest BCUT2D eigenvalue weighted by Gasteiger charge is 2.17. The van der Waals surface area contributed by atoms with Crippen molar-refractivity contribution >= 4 is 34.9 Å². The fourth-order valence-electron chi connectivity index (χ4n) is 1.41. The molecule has 7 heteroatoms. The maximum absolute atomic E-state index is 11.4. The van der Waals surface area contributed by atoms with Crippen molar-refractivity contribution in [1.82, 2.24) is 9.97 Å². The molecule has 0 bridgehead atoms. The van der Waals surface area contributed by atoms with E-state index in [1.54, 1.807) is 0 Å². The minimum atomic E-state index is -0.682. The lowest BCUT2D eigenvalue weighted by molar-refractivity contribution is 0.0595. The molecule has 0 aliphatic carbocycles. The number of esters is 1. The molecule has 6 nitrogen and oxygen atoms in total. The number of nitrogens with one attached hydrogen (secondary N) is 1. The normalized spacial score (nSPS) is 10.0. The van der Waals surface area contributed by atoms with Crippen molar-refractivity contribution < 1.29 is 9.53 Å². The fourth-order valence-corrected chi connectivity index (χ4v) is 1.59. The summed E-state index contributed by atoms with van der Waals surface area (Å²) >= 11 is 5.95. The van der Waals surface area contributed by atoms with Gasteiger partial charge >= 0.3 is 5.97 Å². The molecule has 0 amide bonds. The van der Waals surface area contributed by atoms with Gasteiger partial charge in [-0.15, -0.1) is 0 Å². The van der Waals surface area contributed by atoms with Crippen molar-refractivity contribution in [2.75, 3.05) is 18.2 Å². The van der Waals surface area contributed by atoms with Crippen molar-refractivity contribution in [3.63, 3.8) is 0 Å². The molecule has 98 valence electrons. The molecule has 0 saturated heterocycles. The molecule has 1 aromatic carbocycles. The van der Waals surface area contributed by atoms with Gasteiger partial charge in [0.05, 0.1) is 7.11 Å². The van der Waals surface area contributed by atoms with E-state index in [9.17, 15) is 4.79 Å². The third-order valence-corrected chi connectivity index (χ3v) is 2.56. The Balaban J connectivity index is 2.33. The fraction of sp³-hybridized carbons (Fsp3) is 0.0833. The zero-order valence-corrected chi connectivity index (χ0v) is 10.8. The Morgan fingerprint density at radius 2 is 2.00 bits per heavy atom. The monoisotopic (exact) mass is 278 g/mol. The Labute approximate surface area is 114 Å². The number of anilines is 3. The van der Waals surface area contributed by atoms with Crippen molar-refractivity contribution in [2.24, 2.45) is 0 Å². The quantitative estimate of drug-likeness (QED) is 0.837. The number of methoxy groups -OCH3 is 1. The molecule has 19 heavy (non-hydrogen) atoms. The molecule has 0 atom stereocenters. The first-order chi connectivity index (χ1) is 9.11. The average Bonchev–Trinajstić information content (AvgIpc) is 2.43. The Morgan fingerprint density at radius 3 is 2.63 bits per heavy atom. The maximum Gasteiger partial charge on any atom is 0.360 e. The topological polar surface area (TPSA) is 90.1 Å². The van der Waals surface area contributed by atoms with Crippen LogP contribution in [0.1, 0.15) is 10.5 Å². The van der Waals surface area contributed by atoms with Gasteiger partial charge in [0.25, 0.3) is 0 Å². The third-order valence-electron chi connectivity index (χ3n) is 2.30. The van der Waals surface area contributed by atoms with E-state index in [-0.39, 0.29) is 22.5 Å². The van der Waals surface area contributed by atoms with E-state index < -0.39 is 5.97 Å². The van der Waals surface area contributed by atoms with Crippen LogP contribution in [0, 0.1) is 0 Å². The standard InChI is InChI=1S/C12H11ClN4O2/c1-19-12(18)8-10(14)17-11(9(13)16-8)15-7-5-3-2-4-6-7/h2-6H,1H3,(H3,14,15,17). The van der Waals surface area contributed by atoms with Crippen molar-refractivity contribution in [1.29, 1.82) is 0 Å². The number of hydrogen-bond donors (Lipinski definition) is 2. The van der Waals surface area contributed by atoms with Crippen LogP contribution < -0.4 is 11.1 Å². The Kier molecular flexibility index (Phi) is 3.82. The second-order valence-electron chi connectivity index (χ2n) is 3.58. The van der Waals surface area contributed by atoms with E-state index in [0.717, 1.165) is 5.69 Å². The summed E-state index contributed by atoms with van der Waals surface area (Å²) in [4.78, 5) is 19.3. The molecule has 1 heterocycles. The van der Waals surface area contributed by atoms with Crippen molar-refractivity contribution in [3.8, 4) is 0 Å². The minimum Gasteiger partial charge on any atom is -0.464 e. The van der Waals surface area contributed by atoms with Crippen LogP contribution in [0.3, 0.4) is 0 Å². The molecular formula is C12H11ClN4O2. The number of benzene rings is 1. The van der Waals surface area contributed by atoms with Crippen LogP contribution in [0.4, 0.5) is 17.3 Å². The molecule has 2 rings (SSSR count). The van der Waals surface area contributed by atoms with E-state index >= 15 is 0 Å². The van der Waals surface area contributed by atoms with Gasteiger partial charge in [-0.2, -0.15) is 0 Å². The molecule has 3 N–H and O–H groups in total. The van der Waals surface area contributed by atoms with Crippen molar-refractivity contribution in [2.45, 2.75) is 0 Å². The highest BCUT2D eigenvalue weighted by Crippen LogP contribution is 2.24. The molecule has 0 saturated carbocycles. The summed E-state index contributed by atoms with van der Waals surface area (Å²) in [5.74, 6) is -0.453. The number of hydrogen-bond acceptors (Lipinski definition) is 6. The second-order valence-corrected chi connectivity index (χ2v) is 3.94. The molecule has 0 aliphatic rings. The van der Waals surface area contributed by atoms with E-state index in [4.69, 9.17) is 17.3 Å². The number of nitrogens with two attached hydrogens (primary N) is 1. The molecular weight excluding hydrogens is 268 g/mol. The first-order valence-electron chi connectivity index (χ1n) is 5.35. The van der Waals surface area contributed by atoms with E-state index in [2.05, 4.69) is 20.0 Å². The Hall–Kier alpha value is -2.34. The lowest BCUT2D eigenvalue weighted by Gasteiger charge is -2.09. The number of aromatic nitrogens is 2. The summed E-state index contributed by atoms with van der Waals surface area (Å²) < 4.78 is 4.53. The number of carbonyl (C=O) groups is 1. The van der Waals surface area contributed by atoms with Gasteiger partial charge in [0.1, 0.15) is 0 Å². The average molecular weight is 279 g/mol. The summed E-state index contributed by atoms with van der Waals surface area (Å²) in [6, 6.07) is 9.27. The molecule has 0 unspecified atom stereocenters. The number of carbonyl (C=O) groups excluding carboxylic acids is 1. The number of halogens is 1. The summed E-state index contributed by atoms with van der Waals surface area (Å²) in [5, 5.41) is 3.00. The molecule has 2 aromatic rings. The SMILES string of the molecule is COC(=O)c1nc(Cl)c(Nc2ccccc2)nc1N. The molecule has 0 radical (unpaired) electrons. The number of para-hydroxylation sites is 1. The highest BCUT2D eigenvalue weighted by molar-refractivity contribution is 6.32. The summed E-state index contributed by atoms with van der Waals surface area (Å²) in [5.41, 5.74) is 6.32. The number of nitrogen functional groups attached to an aromatic ring is 1. The van der Waals surface area contributed by atoms with Crippen LogP contribution in [0.25, 0.3) is 0 Å². The summed E-state index contributed by atoms with van der Waals surface area (Å²) in [7, 11) is 1.23. The van der Waals surface area contributed by atoms with Crippen LogP contribution in [0.15, 0.2) is 30.3 Å². The van der Waals surface area contributed by atoms with Gasteiger partial charge in [0.2, 0.25) is 0 Å². The van der Waals surface area contributed by atoms with Crippen LogP contribution in [-0.4, -0.2) is 23.0 Å². The summed E-state index contributed by atoms with van der Waals surface area (Å²) in [6.07, 6.45) is 0. The zero-order valence-electron chi connectivity index (χ0n) is 10.1. The number of nitrogens with zero attached hydrogens (tertiary/aromatic N) is 2. The number of ether oxygens (including phenoxy) is 1. The Morgan fingerprint density at radius 1 is 1.32 bits per heavy atom. The molecule has 0 spiro atoms. The van der Waals surface area contributed by atoms with Gasteiger partial charge in [-0.25, -0.2) is 14.8 Å². The van der Waals surface area contributed by atoms with Gasteiger partial charge in [0.15, 0.2) is 22.5 Å². The van der Waals surface area contributed by atoms with Crippen LogP contribution in [-0.2, 0) is 4.74 Å². The van der Waals surface area contributed by atoms with Crippen LogP contribution in [0.5, 0.6) is 0 Å². The van der Waals surface area contributed by atoms with Gasteiger partial charge in [-0.3, -0.25) is 0 Å². The van der Waals surface area contributed by atoms with E-state index in [1.807, 2.05) is 30.3 Å². The minimum absolute atomic E-state index is 0.0402. The van der Waals surface area contributed by atoms with Gasteiger partial charge in [0, 0.05) is 5.69 Å². The highest BCUT2D eigenvalue weighted by atomic mass is 35.5. The lowest BCUT2D eigenvalue weighted by atomic mass is 10.3. The number of rotatable bonds is 3. The predicted molar refractivity (Wildman–Crippen MR) is 72.5 cm³/mol. The first-order valence-corrected chi connectivity index (χ1v) is 5.73. The third kappa shape index (κ3) is 2.92. The zero-order chi connectivity index (χ0) is 13.8. The van der Waals surface area contributed by atoms with Crippen molar-refractivity contribution in [3.05, 3.63) is 41.2 Å². The Bertz CT molecular complexity index is 604. The largest absolute Gasteiger partial charge is 0.464 e. The smallest absolute Gasteiger partial charge is 0.360 e. The lowest BCUT2D eigenvalue weighted by Crippen LogP contribution is -2.12. The van der Waals surface area contributed by atoms with E-state index in [0.29, 0.717) is 0 Å². The van der Waals surface area contributed by atoms with Gasteiger partial charge in [-0.1, -0.05) is 29.8 Å².